The highest BCUT2D eigenvalue weighted by atomic mass is 32.2. The molecule has 1 fully saturated rings. The van der Waals surface area contributed by atoms with Gasteiger partial charge in [0.1, 0.15) is 16.5 Å². The van der Waals surface area contributed by atoms with Gasteiger partial charge in [0.25, 0.3) is 5.91 Å². The zero-order valence-electron chi connectivity index (χ0n) is 16.4. The molecular formula is C21H21N3O4S2. The summed E-state index contributed by atoms with van der Waals surface area (Å²) in [6.45, 7) is 0.911. The van der Waals surface area contributed by atoms with Crippen molar-refractivity contribution in [2.45, 2.75) is 0 Å². The number of carbonyl (C=O) groups is 1. The van der Waals surface area contributed by atoms with Gasteiger partial charge in [-0.15, -0.1) is 11.3 Å². The van der Waals surface area contributed by atoms with Gasteiger partial charge in [-0.25, -0.2) is 13.4 Å². The predicted molar refractivity (Wildman–Crippen MR) is 119 cm³/mol. The van der Waals surface area contributed by atoms with E-state index in [4.69, 9.17) is 4.74 Å². The van der Waals surface area contributed by atoms with Crippen molar-refractivity contribution in [1.82, 2.24) is 4.98 Å². The van der Waals surface area contributed by atoms with Crippen LogP contribution in [0.5, 0.6) is 5.75 Å². The molecule has 156 valence electrons. The third-order valence-electron chi connectivity index (χ3n) is 4.89. The number of nitrogens with one attached hydrogen (secondary N) is 1. The molecule has 2 aromatic carbocycles. The second kappa shape index (κ2) is 8.45. The standard InChI is InChI=1S/C21H21N3O4S2/c1-28-18-7-5-15(6-8-18)21-23-19(14-29-21)20(25)22-16-3-2-4-17(13-16)24-9-11-30(26,27)12-10-24/h2-8,13-14H,9-12H2,1H3,(H,22,25). The Balaban J connectivity index is 1.45. The number of sulfone groups is 1. The SMILES string of the molecule is COc1ccc(-c2nc(C(=O)Nc3cccc(N4CCS(=O)(=O)CC4)c3)cs2)cc1. The van der Waals surface area contributed by atoms with Crippen molar-refractivity contribution in [3.8, 4) is 16.3 Å². The minimum absolute atomic E-state index is 0.149. The Bertz CT molecular complexity index is 1140. The average Bonchev–Trinajstić information content (AvgIpc) is 3.24. The number of anilines is 2. The van der Waals surface area contributed by atoms with Crippen molar-refractivity contribution in [2.75, 3.05) is 41.9 Å². The Morgan fingerprint density at radius 3 is 2.57 bits per heavy atom. The molecule has 2 heterocycles. The maximum atomic E-state index is 12.7. The first kappa shape index (κ1) is 20.4. The number of ether oxygens (including phenoxy) is 1. The van der Waals surface area contributed by atoms with Crippen LogP contribution in [-0.4, -0.2) is 51.0 Å². The molecule has 0 bridgehead atoms. The summed E-state index contributed by atoms with van der Waals surface area (Å²) in [6.07, 6.45) is 0. The van der Waals surface area contributed by atoms with Gasteiger partial charge < -0.3 is 15.0 Å². The lowest BCUT2D eigenvalue weighted by Gasteiger charge is -2.29. The number of carbonyl (C=O) groups excluding carboxylic acids is 1. The van der Waals surface area contributed by atoms with E-state index in [1.165, 1.54) is 11.3 Å². The number of methoxy groups -OCH3 is 1. The van der Waals surface area contributed by atoms with E-state index in [2.05, 4.69) is 10.3 Å². The molecule has 1 N–H and O–H groups in total. The van der Waals surface area contributed by atoms with Gasteiger partial charge in [-0.3, -0.25) is 4.79 Å². The molecule has 7 nitrogen and oxygen atoms in total. The van der Waals surface area contributed by atoms with Crippen LogP contribution in [0.3, 0.4) is 0 Å². The number of thiazole rings is 1. The molecule has 30 heavy (non-hydrogen) atoms. The molecule has 1 aliphatic heterocycles. The fraction of sp³-hybridized carbons (Fsp3) is 0.238. The zero-order valence-corrected chi connectivity index (χ0v) is 18.0. The summed E-state index contributed by atoms with van der Waals surface area (Å²) in [4.78, 5) is 19.1. The summed E-state index contributed by atoms with van der Waals surface area (Å²) in [6, 6.07) is 14.9. The molecule has 0 saturated carbocycles. The van der Waals surface area contributed by atoms with E-state index in [-0.39, 0.29) is 17.4 Å². The Labute approximate surface area is 179 Å². The maximum Gasteiger partial charge on any atom is 0.275 e. The zero-order chi connectivity index (χ0) is 21.1. The van der Waals surface area contributed by atoms with Crippen LogP contribution in [0.1, 0.15) is 10.5 Å². The molecule has 3 aromatic rings. The van der Waals surface area contributed by atoms with E-state index in [1.54, 1.807) is 18.6 Å². The summed E-state index contributed by atoms with van der Waals surface area (Å²) in [5.41, 5.74) is 2.80. The quantitative estimate of drug-likeness (QED) is 0.651. The number of hydrogen-bond donors (Lipinski definition) is 1. The monoisotopic (exact) mass is 443 g/mol. The van der Waals surface area contributed by atoms with E-state index in [1.807, 2.05) is 47.4 Å². The van der Waals surface area contributed by atoms with Gasteiger partial charge in [0.15, 0.2) is 9.84 Å². The molecule has 1 amide bonds. The molecule has 1 aromatic heterocycles. The van der Waals surface area contributed by atoms with Crippen LogP contribution in [0.15, 0.2) is 53.9 Å². The highest BCUT2D eigenvalue weighted by Gasteiger charge is 2.22. The summed E-state index contributed by atoms with van der Waals surface area (Å²) in [7, 11) is -1.32. The summed E-state index contributed by atoms with van der Waals surface area (Å²) in [5.74, 6) is 0.774. The van der Waals surface area contributed by atoms with Crippen LogP contribution in [0, 0.1) is 0 Å². The minimum Gasteiger partial charge on any atom is -0.497 e. The van der Waals surface area contributed by atoms with Crippen LogP contribution in [0.25, 0.3) is 10.6 Å². The number of rotatable bonds is 5. The largest absolute Gasteiger partial charge is 0.497 e. The minimum atomic E-state index is -2.94. The van der Waals surface area contributed by atoms with Gasteiger partial charge in [-0.1, -0.05) is 6.07 Å². The molecule has 4 rings (SSSR count). The number of nitrogens with zero attached hydrogens (tertiary/aromatic N) is 2. The highest BCUT2D eigenvalue weighted by Crippen LogP contribution is 2.27. The first-order valence-corrected chi connectivity index (χ1v) is 12.1. The summed E-state index contributed by atoms with van der Waals surface area (Å²) < 4.78 is 28.4. The molecule has 1 aliphatic rings. The van der Waals surface area contributed by atoms with Crippen molar-refractivity contribution in [2.24, 2.45) is 0 Å². The normalized spacial score (nSPS) is 15.6. The fourth-order valence-corrected chi connectivity index (χ4v) is 5.20. The van der Waals surface area contributed by atoms with Gasteiger partial charge >= 0.3 is 0 Å². The van der Waals surface area contributed by atoms with Crippen LogP contribution >= 0.6 is 11.3 Å². The third-order valence-corrected chi connectivity index (χ3v) is 7.39. The molecule has 0 atom stereocenters. The lowest BCUT2D eigenvalue weighted by Crippen LogP contribution is -2.40. The second-order valence-electron chi connectivity index (χ2n) is 6.91. The third kappa shape index (κ3) is 4.63. The molecular weight excluding hydrogens is 422 g/mol. The van der Waals surface area contributed by atoms with E-state index in [0.29, 0.717) is 24.5 Å². The molecule has 9 heteroatoms. The van der Waals surface area contributed by atoms with Gasteiger partial charge in [0, 0.05) is 35.4 Å². The number of benzene rings is 2. The van der Waals surface area contributed by atoms with Gasteiger partial charge in [0.2, 0.25) is 0 Å². The fourth-order valence-electron chi connectivity index (χ4n) is 3.19. The first-order valence-electron chi connectivity index (χ1n) is 9.40. The molecule has 0 radical (unpaired) electrons. The van der Waals surface area contributed by atoms with Crippen molar-refractivity contribution in [1.29, 1.82) is 0 Å². The number of amides is 1. The topological polar surface area (TPSA) is 88.6 Å². The lowest BCUT2D eigenvalue weighted by molar-refractivity contribution is 0.102. The maximum absolute atomic E-state index is 12.7. The second-order valence-corrected chi connectivity index (χ2v) is 10.1. The summed E-state index contributed by atoms with van der Waals surface area (Å²) >= 11 is 1.40. The van der Waals surface area contributed by atoms with Crippen LogP contribution in [0.2, 0.25) is 0 Å². The first-order chi connectivity index (χ1) is 14.4. The average molecular weight is 444 g/mol. The molecule has 0 aliphatic carbocycles. The Kier molecular flexibility index (Phi) is 5.74. The van der Waals surface area contributed by atoms with E-state index in [0.717, 1.165) is 22.0 Å². The Morgan fingerprint density at radius 2 is 1.87 bits per heavy atom. The van der Waals surface area contributed by atoms with Gasteiger partial charge in [-0.05, 0) is 42.5 Å². The summed E-state index contributed by atoms with van der Waals surface area (Å²) in [5, 5.41) is 5.36. The van der Waals surface area contributed by atoms with Crippen LogP contribution in [0.4, 0.5) is 11.4 Å². The van der Waals surface area contributed by atoms with E-state index >= 15 is 0 Å². The van der Waals surface area contributed by atoms with Crippen molar-refractivity contribution in [3.63, 3.8) is 0 Å². The van der Waals surface area contributed by atoms with E-state index < -0.39 is 9.84 Å². The van der Waals surface area contributed by atoms with Gasteiger partial charge in [-0.2, -0.15) is 0 Å². The van der Waals surface area contributed by atoms with E-state index in [9.17, 15) is 13.2 Å². The number of hydrogen-bond acceptors (Lipinski definition) is 7. The molecule has 1 saturated heterocycles. The van der Waals surface area contributed by atoms with Crippen molar-refractivity contribution in [3.05, 3.63) is 59.6 Å². The number of aromatic nitrogens is 1. The van der Waals surface area contributed by atoms with Gasteiger partial charge in [0.05, 0.1) is 18.6 Å². The molecule has 0 spiro atoms. The predicted octanol–water partition coefficient (Wildman–Crippen LogP) is 3.31. The Morgan fingerprint density at radius 1 is 1.13 bits per heavy atom. The molecule has 0 unspecified atom stereocenters. The lowest BCUT2D eigenvalue weighted by atomic mass is 10.2. The smallest absolute Gasteiger partial charge is 0.275 e. The van der Waals surface area contributed by atoms with Crippen LogP contribution in [-0.2, 0) is 9.84 Å². The van der Waals surface area contributed by atoms with Crippen molar-refractivity contribution < 1.29 is 17.9 Å². The highest BCUT2D eigenvalue weighted by molar-refractivity contribution is 7.91. The Hall–Kier alpha value is -2.91. The van der Waals surface area contributed by atoms with Crippen molar-refractivity contribution >= 4 is 38.5 Å². The van der Waals surface area contributed by atoms with Crippen LogP contribution < -0.4 is 15.0 Å².